The first-order valence-corrected chi connectivity index (χ1v) is 6.75. The molecule has 0 aliphatic heterocycles. The highest BCUT2D eigenvalue weighted by atomic mass is 32.1. The van der Waals surface area contributed by atoms with Crippen LogP contribution in [0.5, 0.6) is 0 Å². The summed E-state index contributed by atoms with van der Waals surface area (Å²) in [6, 6.07) is 3.21. The van der Waals surface area contributed by atoms with Crippen LogP contribution >= 0.6 is 11.3 Å². The molecule has 7 heteroatoms. The lowest BCUT2D eigenvalue weighted by atomic mass is 10.2. The summed E-state index contributed by atoms with van der Waals surface area (Å²) in [6.07, 6.45) is 1.63. The molecule has 1 amide bonds. The minimum absolute atomic E-state index is 0.112. The number of rotatable bonds is 5. The molecular weight excluding hydrogens is 283 g/mol. The second-order valence-corrected chi connectivity index (χ2v) is 5.06. The molecule has 2 rings (SSSR count). The van der Waals surface area contributed by atoms with Gasteiger partial charge in [-0.2, -0.15) is 0 Å². The molecule has 106 valence electrons. The lowest BCUT2D eigenvalue weighted by Crippen LogP contribution is -2.25. The Balaban J connectivity index is 2.09. The number of carbonyl (C=O) groups is 2. The second kappa shape index (κ2) is 6.42. The molecule has 0 radical (unpaired) electrons. The molecule has 0 unspecified atom stereocenters. The number of amides is 1. The van der Waals surface area contributed by atoms with Crippen LogP contribution in [-0.2, 0) is 16.2 Å². The van der Waals surface area contributed by atoms with Gasteiger partial charge in [0, 0.05) is 18.3 Å². The van der Waals surface area contributed by atoms with Gasteiger partial charge in [-0.05, 0) is 12.1 Å². The minimum Gasteiger partial charge on any atom is -0.469 e. The van der Waals surface area contributed by atoms with E-state index in [9.17, 15) is 14.0 Å². The zero-order chi connectivity index (χ0) is 14.5. The zero-order valence-electron chi connectivity index (χ0n) is 10.8. The van der Waals surface area contributed by atoms with Crippen LogP contribution < -0.4 is 5.32 Å². The molecule has 0 aromatic carbocycles. The molecule has 0 saturated heterocycles. The monoisotopic (exact) mass is 296 g/mol. The normalized spacial score (nSPS) is 10.5. The van der Waals surface area contributed by atoms with Crippen LogP contribution in [-0.4, -0.2) is 30.5 Å². The van der Waals surface area contributed by atoms with Gasteiger partial charge in [-0.3, -0.25) is 14.6 Å². The first-order chi connectivity index (χ1) is 9.65. The highest BCUT2D eigenvalue weighted by Crippen LogP contribution is 2.27. The maximum Gasteiger partial charge on any atom is 0.307 e. The van der Waals surface area contributed by atoms with E-state index in [-0.39, 0.29) is 24.8 Å². The van der Waals surface area contributed by atoms with Crippen LogP contribution in [0.3, 0.4) is 0 Å². The van der Waals surface area contributed by atoms with Crippen molar-refractivity contribution in [1.29, 1.82) is 0 Å². The largest absolute Gasteiger partial charge is 0.469 e. The minimum atomic E-state index is -0.594. The predicted molar refractivity (Wildman–Crippen MR) is 73.4 cm³/mol. The summed E-state index contributed by atoms with van der Waals surface area (Å²) in [5.41, 5.74) is 1.12. The summed E-state index contributed by atoms with van der Waals surface area (Å²) >= 11 is 1.19. The Morgan fingerprint density at radius 2 is 2.30 bits per heavy atom. The Morgan fingerprint density at radius 1 is 1.50 bits per heavy atom. The summed E-state index contributed by atoms with van der Waals surface area (Å²) in [7, 11) is 1.29. The molecule has 1 N–H and O–H groups in total. The number of methoxy groups -OCH3 is 1. The zero-order valence-corrected chi connectivity index (χ0v) is 11.6. The Bertz CT molecular complexity index is 642. The molecule has 0 saturated carbocycles. The third kappa shape index (κ3) is 3.11. The number of hydrogen-bond acceptors (Lipinski definition) is 5. The Labute approximate surface area is 118 Å². The van der Waals surface area contributed by atoms with E-state index >= 15 is 0 Å². The van der Waals surface area contributed by atoms with Crippen LogP contribution in [0.4, 0.5) is 4.39 Å². The summed E-state index contributed by atoms with van der Waals surface area (Å²) in [4.78, 5) is 27.4. The standard InChI is InChI=1S/C13H13FN2O3S/c1-19-11(17)3-5-16-13(18)10-6-9-12(20-10)8(7-14)2-4-15-9/h2,4,6H,3,5,7H2,1H3,(H,16,18). The van der Waals surface area contributed by atoms with E-state index in [0.717, 1.165) is 0 Å². The van der Waals surface area contributed by atoms with Crippen molar-refractivity contribution >= 4 is 33.4 Å². The van der Waals surface area contributed by atoms with E-state index < -0.39 is 6.67 Å². The van der Waals surface area contributed by atoms with E-state index in [2.05, 4.69) is 15.0 Å². The molecule has 0 fully saturated rings. The Kier molecular flexibility index (Phi) is 4.62. The van der Waals surface area contributed by atoms with Crippen molar-refractivity contribution in [2.45, 2.75) is 13.1 Å². The van der Waals surface area contributed by atoms with Gasteiger partial charge in [-0.15, -0.1) is 11.3 Å². The number of thiophene rings is 1. The number of aromatic nitrogens is 1. The highest BCUT2D eigenvalue weighted by molar-refractivity contribution is 7.21. The molecule has 0 spiro atoms. The molecular formula is C13H13FN2O3S. The van der Waals surface area contributed by atoms with Crippen LogP contribution in [0, 0.1) is 0 Å². The number of ether oxygens (including phenoxy) is 1. The van der Waals surface area contributed by atoms with Crippen molar-refractivity contribution in [3.05, 3.63) is 28.8 Å². The number of alkyl halides is 1. The van der Waals surface area contributed by atoms with Crippen LogP contribution in [0.15, 0.2) is 18.3 Å². The number of pyridine rings is 1. The van der Waals surface area contributed by atoms with E-state index in [1.807, 2.05) is 0 Å². The van der Waals surface area contributed by atoms with Gasteiger partial charge in [0.25, 0.3) is 5.91 Å². The summed E-state index contributed by atoms with van der Waals surface area (Å²) in [5.74, 6) is -0.690. The maximum atomic E-state index is 12.8. The van der Waals surface area contributed by atoms with Crippen molar-refractivity contribution in [2.24, 2.45) is 0 Å². The van der Waals surface area contributed by atoms with E-state index in [4.69, 9.17) is 0 Å². The van der Waals surface area contributed by atoms with Crippen LogP contribution in [0.25, 0.3) is 10.2 Å². The summed E-state index contributed by atoms with van der Waals surface area (Å²) in [6.45, 7) is -0.397. The summed E-state index contributed by atoms with van der Waals surface area (Å²) < 4.78 is 18.0. The average Bonchev–Trinajstić information content (AvgIpc) is 2.90. The smallest absolute Gasteiger partial charge is 0.307 e. The van der Waals surface area contributed by atoms with Gasteiger partial charge in [0.1, 0.15) is 6.67 Å². The molecule has 2 aromatic heterocycles. The fraction of sp³-hybridized carbons (Fsp3) is 0.308. The molecule has 0 atom stereocenters. The number of nitrogens with one attached hydrogen (secondary N) is 1. The topological polar surface area (TPSA) is 68.3 Å². The quantitative estimate of drug-likeness (QED) is 0.858. The number of fused-ring (bicyclic) bond motifs is 1. The number of esters is 1. The molecule has 2 aromatic rings. The van der Waals surface area contributed by atoms with Crippen LogP contribution in [0.2, 0.25) is 0 Å². The van der Waals surface area contributed by atoms with Gasteiger partial charge < -0.3 is 10.1 Å². The van der Waals surface area contributed by atoms with Gasteiger partial charge in [-0.25, -0.2) is 4.39 Å². The van der Waals surface area contributed by atoms with Crippen LogP contribution in [0.1, 0.15) is 21.7 Å². The van der Waals surface area contributed by atoms with Crippen molar-refractivity contribution in [3.8, 4) is 0 Å². The SMILES string of the molecule is COC(=O)CCNC(=O)c1cc2nccc(CF)c2s1. The number of halogens is 1. The second-order valence-electron chi connectivity index (χ2n) is 4.01. The Hall–Kier alpha value is -2.02. The summed E-state index contributed by atoms with van der Waals surface area (Å²) in [5, 5.41) is 2.61. The van der Waals surface area contributed by atoms with Gasteiger partial charge in [0.15, 0.2) is 0 Å². The van der Waals surface area contributed by atoms with Gasteiger partial charge in [-0.1, -0.05) is 0 Å². The predicted octanol–water partition coefficient (Wildman–Crippen LogP) is 2.06. The fourth-order valence-electron chi connectivity index (χ4n) is 1.67. The van der Waals surface area contributed by atoms with Gasteiger partial charge in [0.05, 0.1) is 28.6 Å². The van der Waals surface area contributed by atoms with Crippen molar-refractivity contribution in [2.75, 3.05) is 13.7 Å². The third-order valence-electron chi connectivity index (χ3n) is 2.70. The van der Waals surface area contributed by atoms with E-state index in [0.29, 0.717) is 20.7 Å². The molecule has 2 heterocycles. The number of carbonyl (C=O) groups excluding carboxylic acids is 2. The van der Waals surface area contributed by atoms with Crippen molar-refractivity contribution in [3.63, 3.8) is 0 Å². The van der Waals surface area contributed by atoms with E-state index in [1.165, 1.54) is 24.6 Å². The first kappa shape index (κ1) is 14.4. The maximum absolute atomic E-state index is 12.8. The van der Waals surface area contributed by atoms with Crippen molar-refractivity contribution in [1.82, 2.24) is 10.3 Å². The molecule has 5 nitrogen and oxygen atoms in total. The lowest BCUT2D eigenvalue weighted by molar-refractivity contribution is -0.140. The molecule has 0 aliphatic rings. The fourth-order valence-corrected chi connectivity index (χ4v) is 2.70. The van der Waals surface area contributed by atoms with Gasteiger partial charge in [0.2, 0.25) is 0 Å². The number of hydrogen-bond donors (Lipinski definition) is 1. The van der Waals surface area contributed by atoms with E-state index in [1.54, 1.807) is 12.1 Å². The number of nitrogens with zero attached hydrogens (tertiary/aromatic N) is 1. The lowest BCUT2D eigenvalue weighted by Gasteiger charge is -2.01. The van der Waals surface area contributed by atoms with Gasteiger partial charge >= 0.3 is 5.97 Å². The highest BCUT2D eigenvalue weighted by Gasteiger charge is 2.13. The molecule has 0 bridgehead atoms. The first-order valence-electron chi connectivity index (χ1n) is 5.94. The molecule has 20 heavy (non-hydrogen) atoms. The third-order valence-corrected chi connectivity index (χ3v) is 3.90. The molecule has 0 aliphatic carbocycles. The van der Waals surface area contributed by atoms with Crippen molar-refractivity contribution < 1.29 is 18.7 Å². The average molecular weight is 296 g/mol. The Morgan fingerprint density at radius 3 is 3.00 bits per heavy atom.